The van der Waals surface area contributed by atoms with E-state index in [2.05, 4.69) is 4.40 Å². The van der Waals surface area contributed by atoms with E-state index in [0.29, 0.717) is 5.84 Å². The van der Waals surface area contributed by atoms with Crippen LogP contribution < -0.4 is 5.73 Å². The molecule has 0 radical (unpaired) electrons. The molecule has 1 heterocycles. The van der Waals surface area contributed by atoms with Gasteiger partial charge in [0.1, 0.15) is 5.84 Å². The zero-order valence-corrected chi connectivity index (χ0v) is 5.56. The Morgan fingerprint density at radius 1 is 1.56 bits per heavy atom. The Hall–Kier alpha value is -0.900. The molecule has 0 aliphatic carbocycles. The molecule has 0 fully saturated rings. The molecule has 0 saturated heterocycles. The SMILES string of the molecule is N=S1C=CC=CC(N)=N1. The van der Waals surface area contributed by atoms with E-state index in [1.165, 1.54) is 0 Å². The van der Waals surface area contributed by atoms with Gasteiger partial charge in [0.2, 0.25) is 0 Å². The molecule has 0 aromatic rings. The van der Waals surface area contributed by atoms with Crippen LogP contribution in [0.4, 0.5) is 0 Å². The van der Waals surface area contributed by atoms with Gasteiger partial charge in [0.25, 0.3) is 0 Å². The summed E-state index contributed by atoms with van der Waals surface area (Å²) in [5.41, 5.74) is 5.34. The Labute approximate surface area is 56.0 Å². The lowest BCUT2D eigenvalue weighted by molar-refractivity contribution is 1.59. The molecule has 1 aliphatic heterocycles. The number of amidine groups is 1. The second kappa shape index (κ2) is 2.59. The van der Waals surface area contributed by atoms with Crippen molar-refractivity contribution in [2.24, 2.45) is 10.1 Å². The molecule has 0 spiro atoms. The number of nitrogens with one attached hydrogen (secondary N) is 1. The van der Waals surface area contributed by atoms with Gasteiger partial charge >= 0.3 is 0 Å². The zero-order chi connectivity index (χ0) is 6.69. The Bertz CT molecular complexity index is 214. The summed E-state index contributed by atoms with van der Waals surface area (Å²) in [4.78, 5) is 0. The van der Waals surface area contributed by atoms with Gasteiger partial charge in [0, 0.05) is 16.3 Å². The average Bonchev–Trinajstić information content (AvgIpc) is 1.93. The minimum absolute atomic E-state index is 0.429. The molecule has 0 aromatic heterocycles. The summed E-state index contributed by atoms with van der Waals surface area (Å²) < 4.78 is 11.0. The van der Waals surface area contributed by atoms with E-state index in [4.69, 9.17) is 10.5 Å². The molecule has 0 saturated carbocycles. The Morgan fingerprint density at radius 2 is 2.33 bits per heavy atom. The van der Waals surface area contributed by atoms with Crippen LogP contribution in [-0.2, 0) is 10.9 Å². The van der Waals surface area contributed by atoms with Crippen molar-refractivity contribution in [1.29, 1.82) is 4.78 Å². The van der Waals surface area contributed by atoms with Crippen LogP contribution in [0.2, 0.25) is 0 Å². The summed E-state index contributed by atoms with van der Waals surface area (Å²) in [7, 11) is -0.768. The first-order chi connectivity index (χ1) is 4.29. The lowest BCUT2D eigenvalue weighted by Crippen LogP contribution is -2.06. The van der Waals surface area contributed by atoms with Crippen molar-refractivity contribution in [3.63, 3.8) is 0 Å². The van der Waals surface area contributed by atoms with E-state index >= 15 is 0 Å². The first-order valence-corrected chi connectivity index (χ1v) is 3.67. The van der Waals surface area contributed by atoms with Crippen molar-refractivity contribution in [3.05, 3.63) is 23.6 Å². The molecule has 1 rings (SSSR count). The zero-order valence-electron chi connectivity index (χ0n) is 4.74. The smallest absolute Gasteiger partial charge is 0.132 e. The summed E-state index contributed by atoms with van der Waals surface area (Å²) in [6.07, 6.45) is 5.23. The normalized spacial score (nSPS) is 25.3. The highest BCUT2D eigenvalue weighted by molar-refractivity contribution is 7.87. The van der Waals surface area contributed by atoms with Crippen molar-refractivity contribution in [2.45, 2.75) is 0 Å². The van der Waals surface area contributed by atoms with Gasteiger partial charge in [0.05, 0.1) is 0 Å². The molecule has 1 aliphatic rings. The van der Waals surface area contributed by atoms with E-state index in [9.17, 15) is 0 Å². The third-order valence-electron chi connectivity index (χ3n) is 0.789. The van der Waals surface area contributed by atoms with Crippen LogP contribution in [0.1, 0.15) is 0 Å². The molecule has 4 heteroatoms. The van der Waals surface area contributed by atoms with E-state index in [1.807, 2.05) is 0 Å². The summed E-state index contributed by atoms with van der Waals surface area (Å²) in [6.45, 7) is 0. The van der Waals surface area contributed by atoms with Crippen LogP contribution in [0.5, 0.6) is 0 Å². The highest BCUT2D eigenvalue weighted by Crippen LogP contribution is 1.94. The van der Waals surface area contributed by atoms with Crippen LogP contribution in [0.3, 0.4) is 0 Å². The molecule has 3 N–H and O–H groups in total. The fourth-order valence-corrected chi connectivity index (χ4v) is 1.04. The third-order valence-corrected chi connectivity index (χ3v) is 1.61. The van der Waals surface area contributed by atoms with Gasteiger partial charge in [0.15, 0.2) is 0 Å². The Balaban J connectivity index is 2.90. The molecular formula is C5H7N3S. The van der Waals surface area contributed by atoms with Gasteiger partial charge in [-0.2, -0.15) is 4.40 Å². The molecule has 0 amide bonds. The van der Waals surface area contributed by atoms with E-state index < -0.39 is 10.9 Å². The number of hydrogen-bond donors (Lipinski definition) is 2. The number of allylic oxidation sites excluding steroid dienone is 2. The summed E-state index contributed by atoms with van der Waals surface area (Å²) in [6, 6.07) is 0. The maximum Gasteiger partial charge on any atom is 0.132 e. The van der Waals surface area contributed by atoms with Crippen molar-refractivity contribution in [3.8, 4) is 0 Å². The van der Waals surface area contributed by atoms with Gasteiger partial charge < -0.3 is 5.73 Å². The minimum atomic E-state index is -0.768. The maximum atomic E-state index is 7.18. The van der Waals surface area contributed by atoms with Crippen LogP contribution in [0, 0.1) is 4.78 Å². The molecule has 0 aromatic carbocycles. The number of hydrogen-bond acceptors (Lipinski definition) is 2. The van der Waals surface area contributed by atoms with Crippen molar-refractivity contribution < 1.29 is 0 Å². The van der Waals surface area contributed by atoms with Gasteiger partial charge in [-0.05, 0) is 6.08 Å². The summed E-state index contributed by atoms with van der Waals surface area (Å²) in [5, 5.41) is 1.69. The van der Waals surface area contributed by atoms with E-state index in [1.54, 1.807) is 23.6 Å². The predicted molar refractivity (Wildman–Crippen MR) is 40.0 cm³/mol. The van der Waals surface area contributed by atoms with Gasteiger partial charge in [-0.1, -0.05) is 12.2 Å². The first kappa shape index (κ1) is 6.22. The third kappa shape index (κ3) is 1.81. The van der Waals surface area contributed by atoms with Gasteiger partial charge in [-0.3, -0.25) is 4.78 Å². The summed E-state index contributed by atoms with van der Waals surface area (Å²) in [5.74, 6) is 0.429. The Morgan fingerprint density at radius 3 is 3.11 bits per heavy atom. The standard InChI is InChI=1S/C5H7N3S/c6-5-3-1-2-4-9(7)8-5/h1-4,7H,(H2,6,8). The minimum Gasteiger partial charge on any atom is -0.383 e. The largest absolute Gasteiger partial charge is 0.383 e. The van der Waals surface area contributed by atoms with Crippen LogP contribution in [-0.4, -0.2) is 5.84 Å². The monoisotopic (exact) mass is 141 g/mol. The van der Waals surface area contributed by atoms with Crippen LogP contribution in [0.15, 0.2) is 28.0 Å². The lowest BCUT2D eigenvalue weighted by Gasteiger charge is -1.87. The van der Waals surface area contributed by atoms with E-state index in [0.717, 1.165) is 0 Å². The fourth-order valence-electron chi connectivity index (χ4n) is 0.448. The quantitative estimate of drug-likeness (QED) is 0.513. The second-order valence-corrected chi connectivity index (χ2v) is 2.60. The molecule has 9 heavy (non-hydrogen) atoms. The van der Waals surface area contributed by atoms with E-state index in [-0.39, 0.29) is 0 Å². The summed E-state index contributed by atoms with van der Waals surface area (Å²) >= 11 is 0. The molecule has 1 atom stereocenters. The molecular weight excluding hydrogens is 134 g/mol. The topological polar surface area (TPSA) is 62.2 Å². The number of nitrogens with two attached hydrogens (primary N) is 1. The van der Waals surface area contributed by atoms with Crippen LogP contribution >= 0.6 is 0 Å². The van der Waals surface area contributed by atoms with Crippen molar-refractivity contribution in [1.82, 2.24) is 0 Å². The maximum absolute atomic E-state index is 7.18. The molecule has 3 nitrogen and oxygen atoms in total. The molecule has 48 valence electrons. The fraction of sp³-hybridized carbons (Fsp3) is 0. The van der Waals surface area contributed by atoms with Crippen LogP contribution in [0.25, 0.3) is 0 Å². The predicted octanol–water partition coefficient (Wildman–Crippen LogP) is 0.723. The van der Waals surface area contributed by atoms with Gasteiger partial charge in [-0.15, -0.1) is 0 Å². The lowest BCUT2D eigenvalue weighted by atomic mass is 10.5. The van der Waals surface area contributed by atoms with Crippen molar-refractivity contribution in [2.75, 3.05) is 0 Å². The highest BCUT2D eigenvalue weighted by atomic mass is 32.2. The average molecular weight is 141 g/mol. The number of nitrogens with zero attached hydrogens (tertiary/aromatic N) is 1. The van der Waals surface area contributed by atoms with Gasteiger partial charge in [-0.25, -0.2) is 0 Å². The highest BCUT2D eigenvalue weighted by Gasteiger charge is 1.88. The molecule has 1 unspecified atom stereocenters. The Kier molecular flexibility index (Phi) is 1.79. The van der Waals surface area contributed by atoms with Crippen molar-refractivity contribution >= 4 is 16.7 Å². The number of rotatable bonds is 0. The second-order valence-electron chi connectivity index (χ2n) is 1.52. The molecule has 0 bridgehead atoms. The first-order valence-electron chi connectivity index (χ1n) is 2.42.